The Bertz CT molecular complexity index is 842. The van der Waals surface area contributed by atoms with Crippen LogP contribution >= 0.6 is 15.9 Å². The van der Waals surface area contributed by atoms with Gasteiger partial charge < -0.3 is 4.90 Å². The fourth-order valence-electron chi connectivity index (χ4n) is 5.15. The molecule has 1 aromatic carbocycles. The molecule has 1 aliphatic heterocycles. The number of nitrogens with zero attached hydrogens (tertiary/aromatic N) is 3. The van der Waals surface area contributed by atoms with Gasteiger partial charge in [0.15, 0.2) is 0 Å². The van der Waals surface area contributed by atoms with Crippen LogP contribution in [0.3, 0.4) is 0 Å². The number of anilines is 1. The third kappa shape index (κ3) is 2.17. The average molecular weight is 414 g/mol. The largest absolute Gasteiger partial charge is 0.377 e. The molecule has 1 aromatic rings. The van der Waals surface area contributed by atoms with Gasteiger partial charge in [-0.2, -0.15) is 10.1 Å². The van der Waals surface area contributed by atoms with Crippen LogP contribution in [-0.2, 0) is 9.59 Å². The van der Waals surface area contributed by atoms with E-state index in [0.29, 0.717) is 11.8 Å². The van der Waals surface area contributed by atoms with Gasteiger partial charge in [0.2, 0.25) is 0 Å². The number of carbonyl (C=O) groups is 2. The summed E-state index contributed by atoms with van der Waals surface area (Å²) < 4.78 is 0.946. The second-order valence-electron chi connectivity index (χ2n) is 7.99. The SMILES string of the molecule is CN(C)c1ccc(/C=N\N2C(=O)[C@H]3[C@@H]4C=C[C@H]([C@@H]5C[C@H]45)[C@@H]3C2=O)cc1Br. The van der Waals surface area contributed by atoms with Gasteiger partial charge >= 0.3 is 0 Å². The number of hydrogen-bond acceptors (Lipinski definition) is 4. The van der Waals surface area contributed by atoms with E-state index in [0.717, 1.165) is 20.7 Å². The van der Waals surface area contributed by atoms with Crippen molar-refractivity contribution >= 4 is 39.6 Å². The maximum atomic E-state index is 12.9. The number of allylic oxidation sites excluding steroid dienone is 2. The van der Waals surface area contributed by atoms with Gasteiger partial charge in [0.05, 0.1) is 23.7 Å². The van der Waals surface area contributed by atoms with Crippen LogP contribution in [0.25, 0.3) is 0 Å². The number of hydrogen-bond donors (Lipinski definition) is 0. The monoisotopic (exact) mass is 413 g/mol. The molecule has 6 rings (SSSR count). The third-order valence-electron chi connectivity index (χ3n) is 6.42. The molecule has 1 saturated heterocycles. The highest BCUT2D eigenvalue weighted by molar-refractivity contribution is 9.10. The Morgan fingerprint density at radius 2 is 1.73 bits per heavy atom. The normalized spacial score (nSPS) is 36.7. The smallest absolute Gasteiger partial charge is 0.254 e. The Morgan fingerprint density at radius 1 is 1.12 bits per heavy atom. The summed E-state index contributed by atoms with van der Waals surface area (Å²) in [6.45, 7) is 0. The molecule has 6 heteroatoms. The Morgan fingerprint density at radius 3 is 2.27 bits per heavy atom. The molecule has 5 aliphatic rings. The van der Waals surface area contributed by atoms with Gasteiger partial charge in [0.25, 0.3) is 11.8 Å². The van der Waals surface area contributed by atoms with E-state index in [2.05, 4.69) is 33.2 Å². The zero-order valence-corrected chi connectivity index (χ0v) is 16.3. The van der Waals surface area contributed by atoms with E-state index in [-0.39, 0.29) is 35.5 Å². The molecule has 0 N–H and O–H groups in total. The van der Waals surface area contributed by atoms with E-state index in [9.17, 15) is 9.59 Å². The number of halogens is 1. The molecule has 3 fully saturated rings. The van der Waals surface area contributed by atoms with Crippen molar-refractivity contribution in [3.05, 3.63) is 40.4 Å². The van der Waals surface area contributed by atoms with Crippen molar-refractivity contribution < 1.29 is 9.59 Å². The summed E-state index contributed by atoms with van der Waals surface area (Å²) in [6, 6.07) is 5.86. The van der Waals surface area contributed by atoms with Crippen molar-refractivity contribution in [3.8, 4) is 0 Å². The Balaban J connectivity index is 1.40. The second kappa shape index (κ2) is 5.52. The number of benzene rings is 1. The maximum absolute atomic E-state index is 12.9. The minimum Gasteiger partial charge on any atom is -0.377 e. The van der Waals surface area contributed by atoms with E-state index in [1.807, 2.05) is 37.2 Å². The number of hydrazone groups is 1. The van der Waals surface area contributed by atoms with Crippen LogP contribution in [0.1, 0.15) is 12.0 Å². The molecule has 2 bridgehead atoms. The van der Waals surface area contributed by atoms with Gasteiger partial charge in [-0.05, 0) is 63.7 Å². The fraction of sp³-hybridized carbons (Fsp3) is 0.450. The molecular weight excluding hydrogens is 394 g/mol. The van der Waals surface area contributed by atoms with E-state index in [1.54, 1.807) is 6.21 Å². The molecule has 0 unspecified atom stereocenters. The standard InChI is InChI=1S/C20H20BrN3O2/c1-23(2)16-6-3-10(7-15(16)21)9-22-24-19(25)17-11-4-5-12(14-8-13(11)14)18(17)20(24)26/h3-7,9,11-14,17-18H,8H2,1-2H3/b22-9-/t11-,12-,13-,14+,17+,18+/m1/s1. The van der Waals surface area contributed by atoms with Gasteiger partial charge in [0, 0.05) is 18.6 Å². The first-order valence-corrected chi connectivity index (χ1v) is 9.83. The Kier molecular flexibility index (Phi) is 3.45. The predicted molar refractivity (Wildman–Crippen MR) is 103 cm³/mol. The first kappa shape index (κ1) is 16.2. The fourth-order valence-corrected chi connectivity index (χ4v) is 5.90. The lowest BCUT2D eigenvalue weighted by Gasteiger charge is -2.37. The highest BCUT2D eigenvalue weighted by Gasteiger charge is 2.67. The zero-order valence-electron chi connectivity index (χ0n) is 14.7. The minimum atomic E-state index is -0.193. The highest BCUT2D eigenvalue weighted by atomic mass is 79.9. The Labute approximate surface area is 160 Å². The first-order valence-electron chi connectivity index (χ1n) is 9.04. The molecule has 2 saturated carbocycles. The quantitative estimate of drug-likeness (QED) is 0.434. The van der Waals surface area contributed by atoms with Crippen molar-refractivity contribution in [1.29, 1.82) is 0 Å². The molecule has 4 aliphatic carbocycles. The van der Waals surface area contributed by atoms with Gasteiger partial charge in [0.1, 0.15) is 0 Å². The van der Waals surface area contributed by atoms with Crippen LogP contribution in [-0.4, -0.2) is 37.1 Å². The van der Waals surface area contributed by atoms with Crippen molar-refractivity contribution in [2.45, 2.75) is 6.42 Å². The summed E-state index contributed by atoms with van der Waals surface area (Å²) >= 11 is 3.55. The summed E-state index contributed by atoms with van der Waals surface area (Å²) in [5.74, 6) is 1.07. The molecule has 134 valence electrons. The first-order chi connectivity index (χ1) is 12.5. The van der Waals surface area contributed by atoms with Gasteiger partial charge in [-0.3, -0.25) is 9.59 Å². The summed E-state index contributed by atoms with van der Waals surface area (Å²) in [6.07, 6.45) is 7.13. The highest BCUT2D eigenvalue weighted by Crippen LogP contribution is 2.65. The van der Waals surface area contributed by atoms with Crippen molar-refractivity contribution in [1.82, 2.24) is 5.01 Å². The molecule has 0 spiro atoms. The zero-order chi connectivity index (χ0) is 18.2. The van der Waals surface area contributed by atoms with Crippen LogP contribution < -0.4 is 4.90 Å². The summed E-state index contributed by atoms with van der Waals surface area (Å²) in [5.41, 5.74) is 1.91. The molecule has 1 heterocycles. The van der Waals surface area contributed by atoms with Crippen LogP contribution in [0.15, 0.2) is 39.9 Å². The minimum absolute atomic E-state index is 0.120. The van der Waals surface area contributed by atoms with Gasteiger partial charge in [-0.1, -0.05) is 18.2 Å². The predicted octanol–water partition coefficient (Wildman–Crippen LogP) is 2.90. The Hall–Kier alpha value is -1.95. The number of amides is 2. The van der Waals surface area contributed by atoms with Crippen LogP contribution in [0.4, 0.5) is 5.69 Å². The van der Waals surface area contributed by atoms with Crippen LogP contribution in [0.2, 0.25) is 0 Å². The lowest BCUT2D eigenvalue weighted by atomic mass is 9.63. The molecule has 0 radical (unpaired) electrons. The van der Waals surface area contributed by atoms with E-state index in [1.165, 1.54) is 6.42 Å². The molecule has 26 heavy (non-hydrogen) atoms. The topological polar surface area (TPSA) is 53.0 Å². The molecule has 0 aromatic heterocycles. The van der Waals surface area contributed by atoms with E-state index < -0.39 is 0 Å². The van der Waals surface area contributed by atoms with Crippen molar-refractivity contribution in [2.24, 2.45) is 40.6 Å². The summed E-state index contributed by atoms with van der Waals surface area (Å²) in [4.78, 5) is 27.8. The second-order valence-corrected chi connectivity index (χ2v) is 8.85. The number of rotatable bonds is 3. The van der Waals surface area contributed by atoms with Crippen molar-refractivity contribution in [3.63, 3.8) is 0 Å². The molecule has 6 atom stereocenters. The van der Waals surface area contributed by atoms with E-state index >= 15 is 0 Å². The third-order valence-corrected chi connectivity index (χ3v) is 7.05. The van der Waals surface area contributed by atoms with Crippen LogP contribution in [0.5, 0.6) is 0 Å². The number of imide groups is 1. The molecule has 5 nitrogen and oxygen atoms in total. The van der Waals surface area contributed by atoms with Crippen LogP contribution in [0, 0.1) is 35.5 Å². The lowest BCUT2D eigenvalue weighted by molar-refractivity contribution is -0.140. The molecule has 2 amide bonds. The van der Waals surface area contributed by atoms with E-state index in [4.69, 9.17) is 0 Å². The maximum Gasteiger partial charge on any atom is 0.254 e. The average Bonchev–Trinajstić information content (AvgIpc) is 3.39. The number of carbonyl (C=O) groups excluding carboxylic acids is 2. The lowest BCUT2D eigenvalue weighted by Crippen LogP contribution is -2.40. The van der Waals surface area contributed by atoms with Crippen molar-refractivity contribution in [2.75, 3.05) is 19.0 Å². The molecular formula is C20H20BrN3O2. The summed E-state index contributed by atoms with van der Waals surface area (Å²) in [7, 11) is 3.95. The van der Waals surface area contributed by atoms with Gasteiger partial charge in [-0.25, -0.2) is 0 Å². The summed E-state index contributed by atoms with van der Waals surface area (Å²) in [5, 5.41) is 5.40. The van der Waals surface area contributed by atoms with Gasteiger partial charge in [-0.15, -0.1) is 0 Å².